The Hall–Kier alpha value is -0.170. The Morgan fingerprint density at radius 1 is 1.83 bits per heavy atom. The van der Waals surface area contributed by atoms with Crippen LogP contribution in [0, 0.1) is 6.92 Å². The zero-order valence-electron chi connectivity index (χ0n) is 6.63. The van der Waals surface area contributed by atoms with Crippen molar-refractivity contribution in [3.8, 4) is 0 Å². The van der Waals surface area contributed by atoms with Gasteiger partial charge in [0.15, 0.2) is 0 Å². The van der Waals surface area contributed by atoms with Crippen LogP contribution in [-0.4, -0.2) is 21.9 Å². The van der Waals surface area contributed by atoms with Gasteiger partial charge in [0, 0.05) is 11.0 Å². The van der Waals surface area contributed by atoms with Crippen molar-refractivity contribution in [1.82, 2.24) is 10.3 Å². The molecule has 0 aliphatic carbocycles. The van der Waals surface area contributed by atoms with Gasteiger partial charge in [-0.05, 0) is 6.92 Å². The number of rotatable bonds is 3. The predicted octanol–water partition coefficient (Wildman–Crippen LogP) is 1.62. The second-order valence-electron chi connectivity index (χ2n) is 2.21. The molecular formula is C7H9IN2OS. The molecule has 1 rings (SSSR count). The number of nitrogens with zero attached hydrogens (tertiary/aromatic N) is 1. The lowest BCUT2D eigenvalue weighted by Crippen LogP contribution is -2.24. The van der Waals surface area contributed by atoms with Gasteiger partial charge in [0.05, 0.1) is 11.2 Å². The maximum absolute atomic E-state index is 11.3. The van der Waals surface area contributed by atoms with Gasteiger partial charge in [-0.2, -0.15) is 0 Å². The largest absolute Gasteiger partial charge is 0.351 e. The number of aryl methyl sites for hydroxylation is 1. The van der Waals surface area contributed by atoms with Crippen LogP contribution >= 0.6 is 33.9 Å². The summed E-state index contributed by atoms with van der Waals surface area (Å²) in [5.74, 6) is -0.00772. The van der Waals surface area contributed by atoms with Gasteiger partial charge in [-0.15, -0.1) is 11.3 Å². The van der Waals surface area contributed by atoms with Gasteiger partial charge >= 0.3 is 0 Å². The van der Waals surface area contributed by atoms with E-state index >= 15 is 0 Å². The Balaban J connectivity index is 2.59. The van der Waals surface area contributed by atoms with E-state index in [-0.39, 0.29) is 5.91 Å². The molecule has 0 aliphatic heterocycles. The number of hydrogen-bond donors (Lipinski definition) is 1. The fraction of sp³-hybridized carbons (Fsp3) is 0.429. The van der Waals surface area contributed by atoms with Crippen molar-refractivity contribution >= 4 is 39.8 Å². The Kier molecular flexibility index (Phi) is 3.93. The number of carbonyl (C=O) groups is 1. The molecule has 3 nitrogen and oxygen atoms in total. The third kappa shape index (κ3) is 2.41. The number of hydrogen-bond acceptors (Lipinski definition) is 3. The first kappa shape index (κ1) is 9.91. The molecule has 1 heterocycles. The van der Waals surface area contributed by atoms with E-state index in [1.165, 1.54) is 11.3 Å². The highest BCUT2D eigenvalue weighted by molar-refractivity contribution is 14.1. The lowest BCUT2D eigenvalue weighted by atomic mass is 10.4. The fourth-order valence-electron chi connectivity index (χ4n) is 0.761. The van der Waals surface area contributed by atoms with E-state index in [2.05, 4.69) is 32.9 Å². The molecule has 0 aromatic carbocycles. The average Bonchev–Trinajstić information content (AvgIpc) is 2.47. The molecule has 0 unspecified atom stereocenters. The first-order valence-corrected chi connectivity index (χ1v) is 5.90. The highest BCUT2D eigenvalue weighted by Crippen LogP contribution is 2.11. The first-order chi connectivity index (χ1) is 5.75. The third-order valence-electron chi connectivity index (χ3n) is 1.33. The lowest BCUT2D eigenvalue weighted by Gasteiger charge is -1.99. The molecule has 5 heteroatoms. The van der Waals surface area contributed by atoms with Crippen molar-refractivity contribution in [2.45, 2.75) is 6.92 Å². The molecule has 0 spiro atoms. The van der Waals surface area contributed by atoms with Gasteiger partial charge in [-0.25, -0.2) is 4.98 Å². The van der Waals surface area contributed by atoms with Gasteiger partial charge < -0.3 is 5.32 Å². The highest BCUT2D eigenvalue weighted by Gasteiger charge is 2.09. The SMILES string of the molecule is Cc1ncsc1C(=O)NCCI. The summed E-state index contributed by atoms with van der Waals surface area (Å²) in [5.41, 5.74) is 2.50. The number of aromatic nitrogens is 1. The molecule has 66 valence electrons. The summed E-state index contributed by atoms with van der Waals surface area (Å²) in [4.78, 5) is 16.1. The number of alkyl halides is 1. The normalized spacial score (nSPS) is 9.83. The number of halogens is 1. The number of nitrogens with one attached hydrogen (secondary N) is 1. The molecule has 1 aromatic rings. The quantitative estimate of drug-likeness (QED) is 0.680. The molecular weight excluding hydrogens is 287 g/mol. The van der Waals surface area contributed by atoms with E-state index in [1.54, 1.807) is 5.51 Å². The van der Waals surface area contributed by atoms with Gasteiger partial charge in [0.25, 0.3) is 5.91 Å². The van der Waals surface area contributed by atoms with Crippen molar-refractivity contribution < 1.29 is 4.79 Å². The molecule has 0 atom stereocenters. The van der Waals surface area contributed by atoms with Crippen LogP contribution in [0.1, 0.15) is 15.4 Å². The summed E-state index contributed by atoms with van der Waals surface area (Å²) >= 11 is 3.60. The van der Waals surface area contributed by atoms with Crippen LogP contribution in [-0.2, 0) is 0 Å². The summed E-state index contributed by atoms with van der Waals surface area (Å²) < 4.78 is 0.932. The van der Waals surface area contributed by atoms with Crippen LogP contribution in [0.3, 0.4) is 0 Å². The topological polar surface area (TPSA) is 42.0 Å². The van der Waals surface area contributed by atoms with E-state index in [4.69, 9.17) is 0 Å². The van der Waals surface area contributed by atoms with Crippen molar-refractivity contribution in [2.24, 2.45) is 0 Å². The number of thiazole rings is 1. The monoisotopic (exact) mass is 296 g/mol. The maximum Gasteiger partial charge on any atom is 0.263 e. The van der Waals surface area contributed by atoms with Crippen molar-refractivity contribution in [3.05, 3.63) is 16.1 Å². The van der Waals surface area contributed by atoms with Crippen molar-refractivity contribution in [2.75, 3.05) is 11.0 Å². The fourth-order valence-corrected chi connectivity index (χ4v) is 1.75. The summed E-state index contributed by atoms with van der Waals surface area (Å²) in [7, 11) is 0. The Labute approximate surface area is 88.7 Å². The number of carbonyl (C=O) groups excluding carboxylic acids is 1. The minimum atomic E-state index is -0.00772. The van der Waals surface area contributed by atoms with E-state index < -0.39 is 0 Å². The minimum Gasteiger partial charge on any atom is -0.351 e. The van der Waals surface area contributed by atoms with E-state index in [9.17, 15) is 4.79 Å². The summed E-state index contributed by atoms with van der Waals surface area (Å²) in [6.07, 6.45) is 0. The molecule has 0 saturated carbocycles. The van der Waals surface area contributed by atoms with Crippen LogP contribution in [0.15, 0.2) is 5.51 Å². The van der Waals surface area contributed by atoms with Crippen molar-refractivity contribution in [3.63, 3.8) is 0 Å². The maximum atomic E-state index is 11.3. The molecule has 1 amide bonds. The minimum absolute atomic E-state index is 0.00772. The highest BCUT2D eigenvalue weighted by atomic mass is 127. The Morgan fingerprint density at radius 2 is 2.58 bits per heavy atom. The van der Waals surface area contributed by atoms with Crippen LogP contribution < -0.4 is 5.32 Å². The average molecular weight is 296 g/mol. The van der Waals surface area contributed by atoms with E-state index in [0.29, 0.717) is 0 Å². The van der Waals surface area contributed by atoms with Gasteiger partial charge in [0.2, 0.25) is 0 Å². The Bertz CT molecular complexity index is 274. The van der Waals surface area contributed by atoms with Crippen LogP contribution in [0.2, 0.25) is 0 Å². The van der Waals surface area contributed by atoms with Crippen LogP contribution in [0.25, 0.3) is 0 Å². The van der Waals surface area contributed by atoms with Gasteiger partial charge in [-0.3, -0.25) is 4.79 Å². The zero-order valence-corrected chi connectivity index (χ0v) is 9.61. The molecule has 0 radical (unpaired) electrons. The van der Waals surface area contributed by atoms with Crippen LogP contribution in [0.4, 0.5) is 0 Å². The standard InChI is InChI=1S/C7H9IN2OS/c1-5-6(12-4-10-5)7(11)9-3-2-8/h4H,2-3H2,1H3,(H,9,11). The van der Waals surface area contributed by atoms with Crippen LogP contribution in [0.5, 0.6) is 0 Å². The summed E-state index contributed by atoms with van der Waals surface area (Å²) in [6.45, 7) is 2.56. The summed E-state index contributed by atoms with van der Waals surface area (Å²) in [6, 6.07) is 0. The molecule has 0 saturated heterocycles. The molecule has 0 bridgehead atoms. The smallest absolute Gasteiger partial charge is 0.263 e. The van der Waals surface area contributed by atoms with Gasteiger partial charge in [-0.1, -0.05) is 22.6 Å². The number of amides is 1. The molecule has 1 aromatic heterocycles. The summed E-state index contributed by atoms with van der Waals surface area (Å²) in [5, 5.41) is 2.80. The first-order valence-electron chi connectivity index (χ1n) is 3.50. The Morgan fingerprint density at radius 3 is 3.08 bits per heavy atom. The molecule has 12 heavy (non-hydrogen) atoms. The molecule has 0 aliphatic rings. The van der Waals surface area contributed by atoms with Gasteiger partial charge in [0.1, 0.15) is 4.88 Å². The lowest BCUT2D eigenvalue weighted by molar-refractivity contribution is 0.0959. The van der Waals surface area contributed by atoms with E-state index in [0.717, 1.165) is 21.5 Å². The molecule has 1 N–H and O–H groups in total. The zero-order chi connectivity index (χ0) is 8.97. The molecule has 0 fully saturated rings. The third-order valence-corrected chi connectivity index (χ3v) is 2.80. The second-order valence-corrected chi connectivity index (χ2v) is 4.15. The van der Waals surface area contributed by atoms with E-state index in [1.807, 2.05) is 6.92 Å². The second kappa shape index (κ2) is 4.76. The predicted molar refractivity (Wildman–Crippen MR) is 58.1 cm³/mol. The van der Waals surface area contributed by atoms with Crippen molar-refractivity contribution in [1.29, 1.82) is 0 Å².